The number of benzene rings is 2. The van der Waals surface area contributed by atoms with Gasteiger partial charge in [0.2, 0.25) is 10.0 Å². The van der Waals surface area contributed by atoms with Gasteiger partial charge in [-0.3, -0.25) is 0 Å². The van der Waals surface area contributed by atoms with Gasteiger partial charge < -0.3 is 15.0 Å². The lowest BCUT2D eigenvalue weighted by molar-refractivity contribution is 0.243. The molecule has 4 rings (SSSR count). The van der Waals surface area contributed by atoms with Crippen LogP contribution in [0.1, 0.15) is 33.1 Å². The molecule has 1 aliphatic heterocycles. The standard InChI is InChI=1S/C23H27BrN4O3S2/c1-15(2)31-22-9-7-17(33(25,29)30)13-19(22)26-23-27-20(14-32-23)16-6-8-21(18(24)12-16)28-10-4-3-5-11-28/h6-9,12-15H,3-5,10-11H2,1-2H3,(H,26,27)(H2,25,29,30). The summed E-state index contributed by atoms with van der Waals surface area (Å²) in [6.07, 6.45) is 3.67. The Morgan fingerprint density at radius 3 is 2.58 bits per heavy atom. The second-order valence-corrected chi connectivity index (χ2v) is 11.5. The first kappa shape index (κ1) is 24.0. The Labute approximate surface area is 207 Å². The van der Waals surface area contributed by atoms with Gasteiger partial charge in [-0.15, -0.1) is 11.3 Å². The number of nitrogens with two attached hydrogens (primary N) is 1. The molecule has 33 heavy (non-hydrogen) atoms. The van der Waals surface area contributed by atoms with E-state index < -0.39 is 10.0 Å². The number of sulfonamides is 1. The number of nitrogens with zero attached hydrogens (tertiary/aromatic N) is 2. The summed E-state index contributed by atoms with van der Waals surface area (Å²) in [5.74, 6) is 0.530. The van der Waals surface area contributed by atoms with Gasteiger partial charge in [-0.1, -0.05) is 6.07 Å². The maximum atomic E-state index is 11.8. The molecule has 1 fully saturated rings. The summed E-state index contributed by atoms with van der Waals surface area (Å²) >= 11 is 5.17. The minimum Gasteiger partial charge on any atom is -0.489 e. The van der Waals surface area contributed by atoms with Crippen LogP contribution in [0.25, 0.3) is 11.3 Å². The van der Waals surface area contributed by atoms with Gasteiger partial charge in [-0.05, 0) is 79.4 Å². The summed E-state index contributed by atoms with van der Waals surface area (Å²) in [7, 11) is -3.84. The van der Waals surface area contributed by atoms with Crippen molar-refractivity contribution in [3.8, 4) is 17.0 Å². The molecule has 0 amide bonds. The second kappa shape index (κ2) is 10.0. The Morgan fingerprint density at radius 2 is 1.91 bits per heavy atom. The van der Waals surface area contributed by atoms with Crippen molar-refractivity contribution in [2.24, 2.45) is 5.14 Å². The molecule has 10 heteroatoms. The Balaban J connectivity index is 1.58. The number of piperidine rings is 1. The van der Waals surface area contributed by atoms with Crippen LogP contribution in [0.3, 0.4) is 0 Å². The van der Waals surface area contributed by atoms with E-state index in [-0.39, 0.29) is 11.0 Å². The predicted molar refractivity (Wildman–Crippen MR) is 138 cm³/mol. The van der Waals surface area contributed by atoms with E-state index in [0.717, 1.165) is 28.8 Å². The van der Waals surface area contributed by atoms with E-state index in [0.29, 0.717) is 16.6 Å². The van der Waals surface area contributed by atoms with Gasteiger partial charge in [0.15, 0.2) is 5.13 Å². The zero-order valence-electron chi connectivity index (χ0n) is 18.5. The number of nitrogens with one attached hydrogen (secondary N) is 1. The highest BCUT2D eigenvalue weighted by Gasteiger charge is 2.17. The van der Waals surface area contributed by atoms with Crippen molar-refractivity contribution in [3.05, 3.63) is 46.3 Å². The Hall–Kier alpha value is -2.14. The number of thiazole rings is 1. The zero-order valence-corrected chi connectivity index (χ0v) is 21.8. The molecule has 2 heterocycles. The summed E-state index contributed by atoms with van der Waals surface area (Å²) in [5, 5.41) is 11.1. The van der Waals surface area contributed by atoms with Gasteiger partial charge in [-0.25, -0.2) is 18.5 Å². The van der Waals surface area contributed by atoms with Gasteiger partial charge in [0.25, 0.3) is 0 Å². The highest BCUT2D eigenvalue weighted by Crippen LogP contribution is 2.36. The lowest BCUT2D eigenvalue weighted by Gasteiger charge is -2.29. The number of hydrogen-bond acceptors (Lipinski definition) is 7. The summed E-state index contributed by atoms with van der Waals surface area (Å²) < 4.78 is 30.5. The van der Waals surface area contributed by atoms with Gasteiger partial charge in [0, 0.05) is 28.5 Å². The largest absolute Gasteiger partial charge is 0.489 e. The quantitative estimate of drug-likeness (QED) is 0.389. The van der Waals surface area contributed by atoms with Crippen molar-refractivity contribution >= 4 is 53.8 Å². The SMILES string of the molecule is CC(C)Oc1ccc(S(N)(=O)=O)cc1Nc1nc(-c2ccc(N3CCCCC3)c(Br)c2)cs1. The van der Waals surface area contributed by atoms with Crippen molar-refractivity contribution in [3.63, 3.8) is 0 Å². The fourth-order valence-corrected chi connectivity index (χ4v) is 5.68. The number of primary sulfonamides is 1. The van der Waals surface area contributed by atoms with E-state index >= 15 is 0 Å². The van der Waals surface area contributed by atoms with Crippen molar-refractivity contribution in [1.29, 1.82) is 0 Å². The smallest absolute Gasteiger partial charge is 0.238 e. The highest BCUT2D eigenvalue weighted by atomic mass is 79.9. The number of anilines is 3. The van der Waals surface area contributed by atoms with Crippen LogP contribution >= 0.6 is 27.3 Å². The molecule has 0 spiro atoms. The summed E-state index contributed by atoms with van der Waals surface area (Å²) in [4.78, 5) is 7.13. The molecule has 0 aliphatic carbocycles. The van der Waals surface area contributed by atoms with Crippen molar-refractivity contribution in [2.75, 3.05) is 23.3 Å². The average Bonchev–Trinajstić information content (AvgIpc) is 3.23. The molecule has 1 aromatic heterocycles. The van der Waals surface area contributed by atoms with Crippen molar-refractivity contribution in [1.82, 2.24) is 4.98 Å². The number of aromatic nitrogens is 1. The van der Waals surface area contributed by atoms with Crippen LogP contribution < -0.4 is 20.1 Å². The summed E-state index contributed by atoms with van der Waals surface area (Å²) in [6.45, 7) is 5.98. The summed E-state index contributed by atoms with van der Waals surface area (Å²) in [6, 6.07) is 10.8. The molecular weight excluding hydrogens is 524 g/mol. The third-order valence-corrected chi connectivity index (χ3v) is 7.63. The van der Waals surface area contributed by atoms with Crippen molar-refractivity contribution in [2.45, 2.75) is 44.1 Å². The fourth-order valence-electron chi connectivity index (χ4n) is 3.78. The van der Waals surface area contributed by atoms with Crippen LogP contribution in [-0.4, -0.2) is 32.6 Å². The second-order valence-electron chi connectivity index (χ2n) is 8.25. The predicted octanol–water partition coefficient (Wildman–Crippen LogP) is 5.74. The minimum absolute atomic E-state index is 0.00937. The third kappa shape index (κ3) is 5.87. The van der Waals surface area contributed by atoms with Gasteiger partial charge >= 0.3 is 0 Å². The Bertz CT molecular complexity index is 1240. The first-order chi connectivity index (χ1) is 15.7. The number of halogens is 1. The molecule has 1 aliphatic rings. The maximum Gasteiger partial charge on any atom is 0.238 e. The maximum absolute atomic E-state index is 11.8. The zero-order chi connectivity index (χ0) is 23.6. The lowest BCUT2D eigenvalue weighted by Crippen LogP contribution is -2.29. The van der Waals surface area contributed by atoms with E-state index in [1.807, 2.05) is 19.2 Å². The van der Waals surface area contributed by atoms with Crippen LogP contribution in [0.2, 0.25) is 0 Å². The monoisotopic (exact) mass is 550 g/mol. The molecule has 2 aromatic carbocycles. The molecular formula is C23H27BrN4O3S2. The van der Waals surface area contributed by atoms with Crippen LogP contribution in [0.4, 0.5) is 16.5 Å². The van der Waals surface area contributed by atoms with E-state index in [4.69, 9.17) is 14.9 Å². The molecule has 1 saturated heterocycles. The molecule has 0 saturated carbocycles. The van der Waals surface area contributed by atoms with E-state index in [2.05, 4.69) is 44.3 Å². The molecule has 7 nitrogen and oxygen atoms in total. The number of hydrogen-bond donors (Lipinski definition) is 2. The first-order valence-corrected chi connectivity index (χ1v) is 14.0. The van der Waals surface area contributed by atoms with Crippen molar-refractivity contribution < 1.29 is 13.2 Å². The average molecular weight is 552 g/mol. The van der Waals surface area contributed by atoms with Crippen LogP contribution in [0.5, 0.6) is 5.75 Å². The Morgan fingerprint density at radius 1 is 1.15 bits per heavy atom. The minimum atomic E-state index is -3.84. The molecule has 0 radical (unpaired) electrons. The molecule has 3 N–H and O–H groups in total. The van der Waals surface area contributed by atoms with E-state index in [1.54, 1.807) is 6.07 Å². The van der Waals surface area contributed by atoms with E-state index in [1.165, 1.54) is 48.4 Å². The molecule has 176 valence electrons. The van der Waals surface area contributed by atoms with E-state index in [9.17, 15) is 8.42 Å². The van der Waals surface area contributed by atoms with Gasteiger partial charge in [0.05, 0.1) is 28.1 Å². The molecule has 0 bridgehead atoms. The Kier molecular flexibility index (Phi) is 7.28. The van der Waals surface area contributed by atoms with Crippen LogP contribution in [0, 0.1) is 0 Å². The number of ether oxygens (including phenoxy) is 1. The lowest BCUT2D eigenvalue weighted by atomic mass is 10.1. The highest BCUT2D eigenvalue weighted by molar-refractivity contribution is 9.10. The number of rotatable bonds is 7. The molecule has 0 unspecified atom stereocenters. The third-order valence-electron chi connectivity index (χ3n) is 5.33. The molecule has 3 aromatic rings. The topological polar surface area (TPSA) is 97.5 Å². The fraction of sp³-hybridized carbons (Fsp3) is 0.348. The molecule has 0 atom stereocenters. The van der Waals surface area contributed by atoms with Crippen LogP contribution in [0.15, 0.2) is 51.1 Å². The normalized spacial score (nSPS) is 14.5. The first-order valence-electron chi connectivity index (χ1n) is 10.8. The van der Waals surface area contributed by atoms with Gasteiger partial charge in [-0.2, -0.15) is 0 Å². The van der Waals surface area contributed by atoms with Crippen LogP contribution in [-0.2, 0) is 10.0 Å². The summed E-state index contributed by atoms with van der Waals surface area (Å²) in [5.41, 5.74) is 3.55. The van der Waals surface area contributed by atoms with Gasteiger partial charge in [0.1, 0.15) is 5.75 Å².